The minimum atomic E-state index is 0.0248. The molecule has 4 heteroatoms. The number of benzene rings is 1. The average Bonchev–Trinajstić information content (AvgIpc) is 2.59. The first-order valence-corrected chi connectivity index (χ1v) is 9.12. The molecule has 4 nitrogen and oxygen atoms in total. The second-order valence-corrected chi connectivity index (χ2v) is 6.76. The Morgan fingerprint density at radius 1 is 1.25 bits per heavy atom. The molecule has 132 valence electrons. The van der Waals surface area contributed by atoms with Gasteiger partial charge in [-0.3, -0.25) is 9.59 Å². The molecule has 2 rings (SSSR count). The number of nitrogens with zero attached hydrogens (tertiary/aromatic N) is 2. The Hall–Kier alpha value is -1.84. The third kappa shape index (κ3) is 4.83. The van der Waals surface area contributed by atoms with Crippen molar-refractivity contribution in [1.29, 1.82) is 0 Å². The molecule has 1 heterocycles. The number of aryl methyl sites for hydroxylation is 1. The van der Waals surface area contributed by atoms with E-state index in [9.17, 15) is 9.59 Å². The normalized spacial score (nSPS) is 17.6. The lowest BCUT2D eigenvalue weighted by atomic mass is 9.99. The summed E-state index contributed by atoms with van der Waals surface area (Å²) in [5, 5.41) is 0. The summed E-state index contributed by atoms with van der Waals surface area (Å²) in [4.78, 5) is 28.4. The SMILES string of the molecule is CCC1CCCCN1C(=O)CCN(Cc1ccccc1C)C(C)=O. The van der Waals surface area contributed by atoms with Crippen LogP contribution in [0.15, 0.2) is 24.3 Å². The largest absolute Gasteiger partial charge is 0.340 e. The Kier molecular flexibility index (Phi) is 6.83. The monoisotopic (exact) mass is 330 g/mol. The van der Waals surface area contributed by atoms with E-state index in [4.69, 9.17) is 0 Å². The Morgan fingerprint density at radius 3 is 2.67 bits per heavy atom. The van der Waals surface area contributed by atoms with Crippen molar-refractivity contribution in [3.8, 4) is 0 Å². The van der Waals surface area contributed by atoms with Gasteiger partial charge in [-0.25, -0.2) is 0 Å². The molecular formula is C20H30N2O2. The van der Waals surface area contributed by atoms with E-state index in [-0.39, 0.29) is 11.8 Å². The number of hydrogen-bond donors (Lipinski definition) is 0. The van der Waals surface area contributed by atoms with Crippen molar-refractivity contribution in [3.63, 3.8) is 0 Å². The predicted molar refractivity (Wildman–Crippen MR) is 96.5 cm³/mol. The molecule has 0 spiro atoms. The van der Waals surface area contributed by atoms with Crippen molar-refractivity contribution < 1.29 is 9.59 Å². The van der Waals surface area contributed by atoms with Crippen LogP contribution in [0.25, 0.3) is 0 Å². The zero-order chi connectivity index (χ0) is 17.5. The summed E-state index contributed by atoms with van der Waals surface area (Å²) in [6.45, 7) is 7.73. The topological polar surface area (TPSA) is 40.6 Å². The molecule has 0 radical (unpaired) electrons. The van der Waals surface area contributed by atoms with Crippen molar-refractivity contribution in [3.05, 3.63) is 35.4 Å². The van der Waals surface area contributed by atoms with Crippen LogP contribution in [0, 0.1) is 6.92 Å². The van der Waals surface area contributed by atoms with Crippen LogP contribution in [-0.4, -0.2) is 40.7 Å². The Labute approximate surface area is 145 Å². The van der Waals surface area contributed by atoms with Crippen LogP contribution in [0.1, 0.15) is 57.1 Å². The summed E-state index contributed by atoms with van der Waals surface area (Å²) < 4.78 is 0. The minimum Gasteiger partial charge on any atom is -0.340 e. The predicted octanol–water partition coefficient (Wildman–Crippen LogP) is 3.52. The first-order chi connectivity index (χ1) is 11.5. The summed E-state index contributed by atoms with van der Waals surface area (Å²) in [6, 6.07) is 8.48. The fourth-order valence-electron chi connectivity index (χ4n) is 3.47. The molecule has 1 aromatic carbocycles. The van der Waals surface area contributed by atoms with Gasteiger partial charge in [0.25, 0.3) is 0 Å². The highest BCUT2D eigenvalue weighted by atomic mass is 16.2. The van der Waals surface area contributed by atoms with Gasteiger partial charge in [-0.2, -0.15) is 0 Å². The summed E-state index contributed by atoms with van der Waals surface area (Å²) in [5.74, 6) is 0.217. The lowest BCUT2D eigenvalue weighted by molar-refractivity contribution is -0.136. The molecule has 1 aliphatic rings. The van der Waals surface area contributed by atoms with Crippen LogP contribution in [0.5, 0.6) is 0 Å². The van der Waals surface area contributed by atoms with Gasteiger partial charge in [0.2, 0.25) is 11.8 Å². The van der Waals surface area contributed by atoms with Gasteiger partial charge in [-0.15, -0.1) is 0 Å². The van der Waals surface area contributed by atoms with E-state index in [2.05, 4.69) is 19.9 Å². The lowest BCUT2D eigenvalue weighted by Crippen LogP contribution is -2.44. The molecule has 2 amide bonds. The van der Waals surface area contributed by atoms with E-state index in [1.54, 1.807) is 11.8 Å². The van der Waals surface area contributed by atoms with Crippen molar-refractivity contribution in [1.82, 2.24) is 9.80 Å². The number of amides is 2. The quantitative estimate of drug-likeness (QED) is 0.800. The van der Waals surface area contributed by atoms with Crippen LogP contribution in [0.2, 0.25) is 0 Å². The summed E-state index contributed by atoms with van der Waals surface area (Å²) >= 11 is 0. The molecule has 0 aromatic heterocycles. The maximum absolute atomic E-state index is 12.6. The highest BCUT2D eigenvalue weighted by molar-refractivity contribution is 5.78. The Balaban J connectivity index is 1.94. The van der Waals surface area contributed by atoms with Crippen LogP contribution < -0.4 is 0 Å². The zero-order valence-electron chi connectivity index (χ0n) is 15.3. The molecule has 0 saturated carbocycles. The van der Waals surface area contributed by atoms with Gasteiger partial charge >= 0.3 is 0 Å². The fraction of sp³-hybridized carbons (Fsp3) is 0.600. The van der Waals surface area contributed by atoms with Crippen molar-refractivity contribution in [2.24, 2.45) is 0 Å². The van der Waals surface area contributed by atoms with Crippen LogP contribution in [0.3, 0.4) is 0 Å². The first-order valence-electron chi connectivity index (χ1n) is 9.12. The molecule has 24 heavy (non-hydrogen) atoms. The van der Waals surface area contributed by atoms with E-state index < -0.39 is 0 Å². The smallest absolute Gasteiger partial charge is 0.224 e. The Morgan fingerprint density at radius 2 is 2.00 bits per heavy atom. The minimum absolute atomic E-state index is 0.0248. The third-order valence-corrected chi connectivity index (χ3v) is 5.08. The summed E-state index contributed by atoms with van der Waals surface area (Å²) in [5.41, 5.74) is 2.32. The standard InChI is InChI=1S/C20H30N2O2/c1-4-19-11-7-8-13-22(19)20(24)12-14-21(17(3)23)15-18-10-6-5-9-16(18)2/h5-6,9-10,19H,4,7-8,11-15H2,1-3H3. The van der Waals surface area contributed by atoms with E-state index >= 15 is 0 Å². The molecule has 1 unspecified atom stereocenters. The number of hydrogen-bond acceptors (Lipinski definition) is 2. The molecule has 1 aromatic rings. The van der Waals surface area contributed by atoms with Gasteiger partial charge in [0, 0.05) is 39.0 Å². The van der Waals surface area contributed by atoms with Crippen LogP contribution in [0.4, 0.5) is 0 Å². The summed E-state index contributed by atoms with van der Waals surface area (Å²) in [7, 11) is 0. The number of likely N-dealkylation sites (tertiary alicyclic amines) is 1. The second-order valence-electron chi connectivity index (χ2n) is 6.76. The molecule has 0 aliphatic carbocycles. The van der Waals surface area contributed by atoms with E-state index in [1.807, 2.05) is 23.1 Å². The molecular weight excluding hydrogens is 300 g/mol. The van der Waals surface area contributed by atoms with Crippen molar-refractivity contribution in [2.45, 2.75) is 65.5 Å². The lowest BCUT2D eigenvalue weighted by Gasteiger charge is -2.36. The third-order valence-electron chi connectivity index (χ3n) is 5.08. The van der Waals surface area contributed by atoms with Crippen molar-refractivity contribution in [2.75, 3.05) is 13.1 Å². The number of rotatable bonds is 6. The number of piperidine rings is 1. The van der Waals surface area contributed by atoms with Gasteiger partial charge in [-0.05, 0) is 43.7 Å². The van der Waals surface area contributed by atoms with Gasteiger partial charge in [0.15, 0.2) is 0 Å². The van der Waals surface area contributed by atoms with Gasteiger partial charge in [0.05, 0.1) is 0 Å². The fourth-order valence-corrected chi connectivity index (χ4v) is 3.47. The van der Waals surface area contributed by atoms with Gasteiger partial charge < -0.3 is 9.80 Å². The second kappa shape index (κ2) is 8.86. The highest BCUT2D eigenvalue weighted by Gasteiger charge is 2.25. The number of carbonyl (C=O) groups is 2. The van der Waals surface area contributed by atoms with E-state index in [1.165, 1.54) is 12.0 Å². The molecule has 1 atom stereocenters. The van der Waals surface area contributed by atoms with E-state index in [0.717, 1.165) is 31.4 Å². The molecule has 1 fully saturated rings. The first kappa shape index (κ1) is 18.5. The van der Waals surface area contributed by atoms with Gasteiger partial charge in [0.1, 0.15) is 0 Å². The van der Waals surface area contributed by atoms with E-state index in [0.29, 0.717) is 25.6 Å². The van der Waals surface area contributed by atoms with Crippen LogP contribution in [-0.2, 0) is 16.1 Å². The average molecular weight is 330 g/mol. The zero-order valence-corrected chi connectivity index (χ0v) is 15.3. The van der Waals surface area contributed by atoms with Gasteiger partial charge in [-0.1, -0.05) is 31.2 Å². The van der Waals surface area contributed by atoms with Crippen molar-refractivity contribution >= 4 is 11.8 Å². The highest BCUT2D eigenvalue weighted by Crippen LogP contribution is 2.20. The van der Waals surface area contributed by atoms with Crippen LogP contribution >= 0.6 is 0 Å². The molecule has 0 N–H and O–H groups in total. The molecule has 0 bridgehead atoms. The Bertz CT molecular complexity index is 571. The molecule has 1 saturated heterocycles. The maximum Gasteiger partial charge on any atom is 0.224 e. The number of carbonyl (C=O) groups excluding carboxylic acids is 2. The summed E-state index contributed by atoms with van der Waals surface area (Å²) in [6.07, 6.45) is 4.87. The molecule has 1 aliphatic heterocycles. The maximum atomic E-state index is 12.6.